The molecule has 0 radical (unpaired) electrons. The van der Waals surface area contributed by atoms with Crippen molar-refractivity contribution in [2.45, 2.75) is 38.8 Å². The molecule has 1 aliphatic heterocycles. The monoisotopic (exact) mass is 250 g/mol. The molecule has 4 heteroatoms. The molecule has 0 spiro atoms. The molecule has 2 rings (SSSR count). The van der Waals surface area contributed by atoms with Crippen LogP contribution in [0.5, 0.6) is 0 Å². The number of ether oxygens (including phenoxy) is 1. The molecule has 1 N–H and O–H groups in total. The molecule has 1 aromatic heterocycles. The largest absolute Gasteiger partial charge is 0.387 e. The average Bonchev–Trinajstić information content (AvgIpc) is 2.46. The van der Waals surface area contributed by atoms with Gasteiger partial charge in [-0.05, 0) is 25.0 Å². The topological polar surface area (TPSA) is 45.6 Å². The minimum absolute atomic E-state index is 0.433. The van der Waals surface area contributed by atoms with Gasteiger partial charge in [0.25, 0.3) is 0 Å². The summed E-state index contributed by atoms with van der Waals surface area (Å²) in [6.45, 7) is 6.60. The number of hydrogen-bond donors (Lipinski definition) is 1. The third-order valence-corrected chi connectivity index (χ3v) is 3.53. The van der Waals surface area contributed by atoms with E-state index in [0.29, 0.717) is 12.5 Å². The van der Waals surface area contributed by atoms with E-state index in [-0.39, 0.29) is 0 Å². The van der Waals surface area contributed by atoms with Gasteiger partial charge in [-0.1, -0.05) is 13.8 Å². The summed E-state index contributed by atoms with van der Waals surface area (Å²) in [7, 11) is 0. The molecule has 0 aromatic carbocycles. The van der Waals surface area contributed by atoms with Crippen molar-refractivity contribution in [3.63, 3.8) is 0 Å². The minimum atomic E-state index is -0.453. The van der Waals surface area contributed by atoms with Crippen molar-refractivity contribution < 1.29 is 9.84 Å². The van der Waals surface area contributed by atoms with Crippen LogP contribution in [0.2, 0.25) is 0 Å². The van der Waals surface area contributed by atoms with Crippen LogP contribution >= 0.6 is 0 Å². The highest BCUT2D eigenvalue weighted by Gasteiger charge is 2.22. The van der Waals surface area contributed by atoms with E-state index in [9.17, 15) is 5.11 Å². The number of pyridine rings is 1. The number of aliphatic hydroxyl groups is 1. The van der Waals surface area contributed by atoms with E-state index in [0.717, 1.165) is 37.6 Å². The van der Waals surface area contributed by atoms with Crippen molar-refractivity contribution in [1.82, 2.24) is 4.98 Å². The summed E-state index contributed by atoms with van der Waals surface area (Å²) in [4.78, 5) is 6.71. The van der Waals surface area contributed by atoms with Gasteiger partial charge in [-0.3, -0.25) is 4.98 Å². The Balaban J connectivity index is 2.12. The van der Waals surface area contributed by atoms with Crippen LogP contribution in [0.25, 0.3) is 0 Å². The highest BCUT2D eigenvalue weighted by atomic mass is 16.5. The third kappa shape index (κ3) is 2.82. The van der Waals surface area contributed by atoms with E-state index in [1.54, 1.807) is 0 Å². The van der Waals surface area contributed by atoms with Gasteiger partial charge < -0.3 is 14.7 Å². The van der Waals surface area contributed by atoms with E-state index >= 15 is 0 Å². The van der Waals surface area contributed by atoms with Crippen LogP contribution in [0.4, 0.5) is 5.69 Å². The first-order chi connectivity index (χ1) is 8.76. The van der Waals surface area contributed by atoms with Gasteiger partial charge in [-0.15, -0.1) is 0 Å². The van der Waals surface area contributed by atoms with Gasteiger partial charge in [0, 0.05) is 6.54 Å². The predicted molar refractivity (Wildman–Crippen MR) is 71.7 cm³/mol. The second-order valence-corrected chi connectivity index (χ2v) is 4.70. The van der Waals surface area contributed by atoms with Crippen molar-refractivity contribution in [3.8, 4) is 0 Å². The average molecular weight is 250 g/mol. The van der Waals surface area contributed by atoms with Crippen LogP contribution < -0.4 is 4.90 Å². The maximum atomic E-state index is 9.73. The van der Waals surface area contributed by atoms with Crippen molar-refractivity contribution in [2.75, 3.05) is 24.7 Å². The molecule has 0 amide bonds. The molecule has 4 nitrogen and oxygen atoms in total. The standard InChI is InChI=1S/C14H22N2O2/c1-3-11-10-18-8-7-16(11)12-5-6-13(15-9-12)14(17)4-2/h5-6,9,11,14,17H,3-4,7-8,10H2,1-2H3/t11?,14-/m0/s1. The lowest BCUT2D eigenvalue weighted by atomic mass is 10.1. The minimum Gasteiger partial charge on any atom is -0.387 e. The first-order valence-corrected chi connectivity index (χ1v) is 6.74. The van der Waals surface area contributed by atoms with Gasteiger partial charge in [0.1, 0.15) is 0 Å². The Morgan fingerprint density at radius 1 is 1.50 bits per heavy atom. The summed E-state index contributed by atoms with van der Waals surface area (Å²) < 4.78 is 5.50. The molecule has 18 heavy (non-hydrogen) atoms. The van der Waals surface area contributed by atoms with Crippen LogP contribution in [0, 0.1) is 0 Å². The van der Waals surface area contributed by atoms with Gasteiger partial charge >= 0.3 is 0 Å². The summed E-state index contributed by atoms with van der Waals surface area (Å²) in [5.74, 6) is 0. The lowest BCUT2D eigenvalue weighted by molar-refractivity contribution is 0.0929. The van der Waals surface area contributed by atoms with Gasteiger partial charge in [0.2, 0.25) is 0 Å². The van der Waals surface area contributed by atoms with Crippen molar-refractivity contribution >= 4 is 5.69 Å². The Bertz CT molecular complexity index is 367. The van der Waals surface area contributed by atoms with Crippen LogP contribution in [-0.2, 0) is 4.74 Å². The molecule has 100 valence electrons. The number of aromatic nitrogens is 1. The lowest BCUT2D eigenvalue weighted by Gasteiger charge is -2.36. The fourth-order valence-corrected chi connectivity index (χ4v) is 2.31. The van der Waals surface area contributed by atoms with Crippen LogP contribution in [0.1, 0.15) is 38.5 Å². The van der Waals surface area contributed by atoms with Gasteiger partial charge in [0.15, 0.2) is 0 Å². The Morgan fingerprint density at radius 3 is 2.94 bits per heavy atom. The number of morpholine rings is 1. The van der Waals surface area contributed by atoms with Gasteiger partial charge in [-0.25, -0.2) is 0 Å². The Labute approximate surface area is 109 Å². The number of rotatable bonds is 4. The number of hydrogen-bond acceptors (Lipinski definition) is 4. The second-order valence-electron chi connectivity index (χ2n) is 4.70. The first kappa shape index (κ1) is 13.3. The van der Waals surface area contributed by atoms with E-state index in [1.165, 1.54) is 0 Å². The Kier molecular flexibility index (Phi) is 4.55. The Hall–Kier alpha value is -1.13. The summed E-state index contributed by atoms with van der Waals surface area (Å²) in [6, 6.07) is 4.41. The van der Waals surface area contributed by atoms with Gasteiger partial charge in [-0.2, -0.15) is 0 Å². The Morgan fingerprint density at radius 2 is 2.33 bits per heavy atom. The fourth-order valence-electron chi connectivity index (χ4n) is 2.31. The van der Waals surface area contributed by atoms with E-state index in [2.05, 4.69) is 22.9 Å². The first-order valence-electron chi connectivity index (χ1n) is 6.74. The molecule has 1 unspecified atom stereocenters. The van der Waals surface area contributed by atoms with E-state index in [1.807, 2.05) is 19.2 Å². The smallest absolute Gasteiger partial charge is 0.0957 e. The molecule has 2 heterocycles. The normalized spacial score (nSPS) is 21.9. The van der Waals surface area contributed by atoms with Crippen LogP contribution in [0.3, 0.4) is 0 Å². The summed E-state index contributed by atoms with van der Waals surface area (Å²) in [5.41, 5.74) is 1.87. The maximum Gasteiger partial charge on any atom is 0.0957 e. The zero-order valence-corrected chi connectivity index (χ0v) is 11.2. The quantitative estimate of drug-likeness (QED) is 0.889. The van der Waals surface area contributed by atoms with Crippen molar-refractivity contribution in [3.05, 3.63) is 24.0 Å². The molecule has 1 aliphatic rings. The second kappa shape index (κ2) is 6.16. The molecule has 0 aliphatic carbocycles. The lowest BCUT2D eigenvalue weighted by Crippen LogP contribution is -2.45. The summed E-state index contributed by atoms with van der Waals surface area (Å²) in [5, 5.41) is 9.73. The number of anilines is 1. The molecule has 0 bridgehead atoms. The van der Waals surface area contributed by atoms with Crippen LogP contribution in [-0.4, -0.2) is 35.9 Å². The fraction of sp³-hybridized carbons (Fsp3) is 0.643. The van der Waals surface area contributed by atoms with E-state index < -0.39 is 6.10 Å². The molecule has 1 fully saturated rings. The molecule has 2 atom stereocenters. The van der Waals surface area contributed by atoms with Gasteiger partial charge in [0.05, 0.1) is 42.9 Å². The number of nitrogens with zero attached hydrogens (tertiary/aromatic N) is 2. The zero-order valence-electron chi connectivity index (χ0n) is 11.2. The third-order valence-electron chi connectivity index (χ3n) is 3.53. The van der Waals surface area contributed by atoms with Crippen LogP contribution in [0.15, 0.2) is 18.3 Å². The molecular formula is C14H22N2O2. The molecule has 1 saturated heterocycles. The highest BCUT2D eigenvalue weighted by molar-refractivity contribution is 5.46. The van der Waals surface area contributed by atoms with E-state index in [4.69, 9.17) is 4.74 Å². The van der Waals surface area contributed by atoms with Crippen molar-refractivity contribution in [1.29, 1.82) is 0 Å². The maximum absolute atomic E-state index is 9.73. The zero-order chi connectivity index (χ0) is 13.0. The predicted octanol–water partition coefficient (Wildman–Crippen LogP) is 2.14. The summed E-state index contributed by atoms with van der Waals surface area (Å²) >= 11 is 0. The highest BCUT2D eigenvalue weighted by Crippen LogP contribution is 2.22. The van der Waals surface area contributed by atoms with Crippen molar-refractivity contribution in [2.24, 2.45) is 0 Å². The molecular weight excluding hydrogens is 228 g/mol. The number of aliphatic hydroxyl groups excluding tert-OH is 1. The molecule has 1 aromatic rings. The summed E-state index contributed by atoms with van der Waals surface area (Å²) in [6.07, 6.45) is 3.17. The molecule has 0 saturated carbocycles. The SMILES string of the molecule is CCC1COCCN1c1ccc([C@@H](O)CC)nc1.